The minimum absolute atomic E-state index is 0.498. The van der Waals surface area contributed by atoms with Crippen molar-refractivity contribution in [2.75, 3.05) is 0 Å². The van der Waals surface area contributed by atoms with Gasteiger partial charge >= 0.3 is 0 Å². The highest BCUT2D eigenvalue weighted by atomic mass is 14.0. The first-order chi connectivity index (χ1) is 6.77. The zero-order chi connectivity index (χ0) is 11.0. The minimum Gasteiger partial charge on any atom is -0.0984 e. The number of hydrogen-bond acceptors (Lipinski definition) is 0. The first-order valence-electron chi connectivity index (χ1n) is 5.13. The van der Waals surface area contributed by atoms with Crippen molar-refractivity contribution in [3.8, 4) is 0 Å². The maximum absolute atomic E-state index is 3.76. The van der Waals surface area contributed by atoms with Crippen molar-refractivity contribution in [3.63, 3.8) is 0 Å². The summed E-state index contributed by atoms with van der Waals surface area (Å²) in [6.07, 6.45) is 12.2. The van der Waals surface area contributed by atoms with Gasteiger partial charge in [-0.05, 0) is 17.1 Å². The Labute approximate surface area is 88.0 Å². The monoisotopic (exact) mass is 188 g/mol. The molecule has 0 heterocycles. The predicted octanol–water partition coefficient (Wildman–Crippen LogP) is 4.44. The number of hydrogen-bond donors (Lipinski definition) is 0. The predicted molar refractivity (Wildman–Crippen MR) is 66.2 cm³/mol. The molecule has 1 aliphatic carbocycles. The van der Waals surface area contributed by atoms with Crippen LogP contribution in [0.5, 0.6) is 0 Å². The summed E-state index contributed by atoms with van der Waals surface area (Å²) in [5, 5.41) is 0. The normalized spacial score (nSPS) is 15.6. The summed E-state index contributed by atoms with van der Waals surface area (Å²) in [4.78, 5) is 0. The van der Waals surface area contributed by atoms with Crippen molar-refractivity contribution >= 4 is 0 Å². The summed E-state index contributed by atoms with van der Waals surface area (Å²) in [5.74, 6) is 0.498. The molecule has 14 heavy (non-hydrogen) atoms. The molecule has 0 spiro atoms. The lowest BCUT2D eigenvalue weighted by Gasteiger charge is -1.95. The SMILES string of the molecule is C=CC1=C(C=C)C=CC(C)C=C1.CC. The van der Waals surface area contributed by atoms with E-state index in [0.717, 1.165) is 11.1 Å². The van der Waals surface area contributed by atoms with Crippen LogP contribution >= 0.6 is 0 Å². The molecule has 76 valence electrons. The van der Waals surface area contributed by atoms with Gasteiger partial charge < -0.3 is 0 Å². The van der Waals surface area contributed by atoms with Crippen molar-refractivity contribution in [1.82, 2.24) is 0 Å². The van der Waals surface area contributed by atoms with Crippen molar-refractivity contribution < 1.29 is 0 Å². The van der Waals surface area contributed by atoms with E-state index in [9.17, 15) is 0 Å². The van der Waals surface area contributed by atoms with Crippen LogP contribution in [0.3, 0.4) is 0 Å². The summed E-state index contributed by atoms with van der Waals surface area (Å²) < 4.78 is 0. The second kappa shape index (κ2) is 7.14. The second-order valence-electron chi connectivity index (χ2n) is 2.90. The van der Waals surface area contributed by atoms with E-state index in [1.807, 2.05) is 26.0 Å². The van der Waals surface area contributed by atoms with E-state index in [1.54, 1.807) is 0 Å². The summed E-state index contributed by atoms with van der Waals surface area (Å²) in [7, 11) is 0. The molecule has 1 rings (SSSR count). The van der Waals surface area contributed by atoms with E-state index in [-0.39, 0.29) is 0 Å². The Morgan fingerprint density at radius 3 is 1.64 bits per heavy atom. The lowest BCUT2D eigenvalue weighted by Crippen LogP contribution is -1.78. The first-order valence-corrected chi connectivity index (χ1v) is 5.13. The summed E-state index contributed by atoms with van der Waals surface area (Å²) in [5.41, 5.74) is 2.29. The van der Waals surface area contributed by atoms with Crippen LogP contribution in [0.15, 0.2) is 60.8 Å². The topological polar surface area (TPSA) is 0 Å². The van der Waals surface area contributed by atoms with Crippen molar-refractivity contribution in [1.29, 1.82) is 0 Å². The summed E-state index contributed by atoms with van der Waals surface area (Å²) in [6, 6.07) is 0. The van der Waals surface area contributed by atoms with Gasteiger partial charge in [-0.15, -0.1) is 0 Å². The molecule has 0 unspecified atom stereocenters. The zero-order valence-corrected chi connectivity index (χ0v) is 9.46. The molecule has 1 aliphatic rings. The third-order valence-corrected chi connectivity index (χ3v) is 1.93. The van der Waals surface area contributed by atoms with Gasteiger partial charge in [0.1, 0.15) is 0 Å². The van der Waals surface area contributed by atoms with Gasteiger partial charge in [0, 0.05) is 0 Å². The van der Waals surface area contributed by atoms with Crippen LogP contribution in [0.2, 0.25) is 0 Å². The lowest BCUT2D eigenvalue weighted by atomic mass is 10.1. The Bertz CT molecular complexity index is 246. The molecule has 0 bridgehead atoms. The number of allylic oxidation sites excluding steroid dienone is 8. The van der Waals surface area contributed by atoms with Crippen LogP contribution in [-0.2, 0) is 0 Å². The third-order valence-electron chi connectivity index (χ3n) is 1.93. The van der Waals surface area contributed by atoms with Crippen LogP contribution in [0.4, 0.5) is 0 Å². The average molecular weight is 188 g/mol. The van der Waals surface area contributed by atoms with Crippen molar-refractivity contribution in [2.24, 2.45) is 5.92 Å². The van der Waals surface area contributed by atoms with E-state index in [4.69, 9.17) is 0 Å². The van der Waals surface area contributed by atoms with Gasteiger partial charge in [-0.3, -0.25) is 0 Å². The van der Waals surface area contributed by atoms with Gasteiger partial charge in [0.05, 0.1) is 0 Å². The minimum atomic E-state index is 0.498. The van der Waals surface area contributed by atoms with E-state index in [1.165, 1.54) is 0 Å². The van der Waals surface area contributed by atoms with Crippen molar-refractivity contribution in [2.45, 2.75) is 20.8 Å². The molecule has 0 saturated heterocycles. The molecule has 0 N–H and O–H groups in total. The zero-order valence-electron chi connectivity index (χ0n) is 9.46. The Morgan fingerprint density at radius 1 is 1.00 bits per heavy atom. The number of rotatable bonds is 2. The quantitative estimate of drug-likeness (QED) is 0.601. The standard InChI is InChI=1S/C12H14.C2H6/c1-4-11-8-6-10(3)7-9-12(11)5-2;1-2/h4-10H,1-2H2,3H3;1-2H3. The van der Waals surface area contributed by atoms with Gasteiger partial charge in [-0.25, -0.2) is 0 Å². The van der Waals surface area contributed by atoms with Crippen LogP contribution < -0.4 is 0 Å². The third kappa shape index (κ3) is 3.61. The highest BCUT2D eigenvalue weighted by molar-refractivity contribution is 5.47. The molecule has 0 atom stereocenters. The first kappa shape index (κ1) is 12.7. The maximum Gasteiger partial charge on any atom is -0.00752 e. The fourth-order valence-electron chi connectivity index (χ4n) is 1.14. The van der Waals surface area contributed by atoms with E-state index < -0.39 is 0 Å². The Hall–Kier alpha value is -1.30. The summed E-state index contributed by atoms with van der Waals surface area (Å²) >= 11 is 0. The molecular formula is C14H20. The van der Waals surface area contributed by atoms with Crippen LogP contribution in [0.1, 0.15) is 20.8 Å². The van der Waals surface area contributed by atoms with Crippen molar-refractivity contribution in [3.05, 3.63) is 60.8 Å². The van der Waals surface area contributed by atoms with Crippen LogP contribution in [0.25, 0.3) is 0 Å². The Morgan fingerprint density at radius 2 is 1.36 bits per heavy atom. The highest BCUT2D eigenvalue weighted by Gasteiger charge is 1.99. The Balaban J connectivity index is 0.000000791. The molecular weight excluding hydrogens is 168 g/mol. The van der Waals surface area contributed by atoms with Crippen LogP contribution in [0, 0.1) is 5.92 Å². The molecule has 0 aromatic heterocycles. The molecule has 0 saturated carbocycles. The van der Waals surface area contributed by atoms with E-state index in [2.05, 4.69) is 44.4 Å². The van der Waals surface area contributed by atoms with Gasteiger partial charge in [-0.1, -0.05) is 70.4 Å². The van der Waals surface area contributed by atoms with Crippen LogP contribution in [-0.4, -0.2) is 0 Å². The smallest absolute Gasteiger partial charge is 0.00752 e. The van der Waals surface area contributed by atoms with E-state index in [0.29, 0.717) is 5.92 Å². The molecule has 0 radical (unpaired) electrons. The Kier molecular flexibility index (Phi) is 6.47. The van der Waals surface area contributed by atoms with Gasteiger partial charge in [-0.2, -0.15) is 0 Å². The summed E-state index contributed by atoms with van der Waals surface area (Å²) in [6.45, 7) is 13.7. The van der Waals surface area contributed by atoms with Gasteiger partial charge in [0.15, 0.2) is 0 Å². The average Bonchev–Trinajstić information content (AvgIpc) is 2.42. The maximum atomic E-state index is 3.76. The molecule has 0 amide bonds. The fourth-order valence-corrected chi connectivity index (χ4v) is 1.14. The second-order valence-corrected chi connectivity index (χ2v) is 2.90. The molecule has 0 fully saturated rings. The molecule has 0 aromatic rings. The molecule has 0 aliphatic heterocycles. The van der Waals surface area contributed by atoms with Gasteiger partial charge in [0.2, 0.25) is 0 Å². The lowest BCUT2D eigenvalue weighted by molar-refractivity contribution is 0.942. The fraction of sp³-hybridized carbons (Fsp3) is 0.286. The molecule has 0 aromatic carbocycles. The van der Waals surface area contributed by atoms with E-state index >= 15 is 0 Å². The largest absolute Gasteiger partial charge is 0.0984 e. The van der Waals surface area contributed by atoms with Gasteiger partial charge in [0.25, 0.3) is 0 Å². The molecule has 0 heteroatoms. The molecule has 0 nitrogen and oxygen atoms in total. The highest BCUT2D eigenvalue weighted by Crippen LogP contribution is 2.17.